The fraction of sp³-hybridized carbons (Fsp3) is 0.571. The van der Waals surface area contributed by atoms with Gasteiger partial charge >= 0.3 is 0 Å². The molecule has 0 aliphatic carbocycles. The fourth-order valence-electron chi connectivity index (χ4n) is 2.47. The molecule has 5 nitrogen and oxygen atoms in total. The molecular weight excluding hydrogens is 238 g/mol. The van der Waals surface area contributed by atoms with Gasteiger partial charge in [-0.05, 0) is 30.7 Å². The molecule has 2 rings (SSSR count). The Morgan fingerprint density at radius 2 is 2.00 bits per heavy atom. The molecule has 0 radical (unpaired) electrons. The van der Waals surface area contributed by atoms with Crippen LogP contribution < -0.4 is 5.73 Å². The molecule has 0 amide bonds. The van der Waals surface area contributed by atoms with Gasteiger partial charge in [0.05, 0.1) is 0 Å². The largest absolute Gasteiger partial charge is 0.382 e. The van der Waals surface area contributed by atoms with E-state index < -0.39 is 0 Å². The summed E-state index contributed by atoms with van der Waals surface area (Å²) >= 11 is 0. The summed E-state index contributed by atoms with van der Waals surface area (Å²) in [5.41, 5.74) is 7.22. The summed E-state index contributed by atoms with van der Waals surface area (Å²) in [5.74, 6) is 0.0367. The molecule has 1 saturated heterocycles. The van der Waals surface area contributed by atoms with Crippen molar-refractivity contribution < 1.29 is 0 Å². The molecule has 0 atom stereocenters. The van der Waals surface area contributed by atoms with E-state index in [-0.39, 0.29) is 5.84 Å². The van der Waals surface area contributed by atoms with Crippen molar-refractivity contribution in [2.24, 2.45) is 5.73 Å². The molecule has 1 aliphatic heterocycles. The van der Waals surface area contributed by atoms with Crippen LogP contribution in [0.3, 0.4) is 0 Å². The fourth-order valence-corrected chi connectivity index (χ4v) is 2.47. The topological polar surface area (TPSA) is 69.2 Å². The summed E-state index contributed by atoms with van der Waals surface area (Å²) in [6.07, 6.45) is 2.96. The molecule has 0 aromatic carbocycles. The summed E-state index contributed by atoms with van der Waals surface area (Å²) in [7, 11) is 0. The molecule has 1 aromatic rings. The van der Waals surface area contributed by atoms with Crippen LogP contribution in [0.5, 0.6) is 0 Å². The van der Waals surface area contributed by atoms with Crippen LogP contribution in [0.15, 0.2) is 18.3 Å². The minimum absolute atomic E-state index is 0.0367. The van der Waals surface area contributed by atoms with Gasteiger partial charge in [0.25, 0.3) is 0 Å². The second-order valence-corrected chi connectivity index (χ2v) is 5.08. The number of nitrogens with two attached hydrogens (primary N) is 1. The van der Waals surface area contributed by atoms with Crippen LogP contribution in [0.2, 0.25) is 0 Å². The second kappa shape index (κ2) is 6.63. The number of hydrogen-bond donors (Lipinski definition) is 2. The highest BCUT2D eigenvalue weighted by Crippen LogP contribution is 2.09. The Hall–Kier alpha value is -1.46. The first kappa shape index (κ1) is 14.0. The Morgan fingerprint density at radius 3 is 2.63 bits per heavy atom. The predicted molar refractivity (Wildman–Crippen MR) is 77.3 cm³/mol. The van der Waals surface area contributed by atoms with E-state index in [1.807, 2.05) is 12.1 Å². The van der Waals surface area contributed by atoms with Crippen molar-refractivity contribution in [3.8, 4) is 0 Å². The van der Waals surface area contributed by atoms with Gasteiger partial charge < -0.3 is 10.6 Å². The number of aromatic nitrogens is 1. The summed E-state index contributed by atoms with van der Waals surface area (Å²) < 4.78 is 0. The molecular formula is C14H23N5. The maximum atomic E-state index is 7.42. The second-order valence-electron chi connectivity index (χ2n) is 5.08. The molecule has 1 aromatic heterocycles. The SMILES string of the molecule is CCCN1CCN(Cc2ccnc(C(=N)N)c2)CC1. The lowest BCUT2D eigenvalue weighted by Gasteiger charge is -2.34. The molecule has 3 N–H and O–H groups in total. The first-order valence-corrected chi connectivity index (χ1v) is 6.93. The molecule has 0 saturated carbocycles. The summed E-state index contributed by atoms with van der Waals surface area (Å²) in [4.78, 5) is 9.06. The van der Waals surface area contributed by atoms with Gasteiger partial charge in [-0.2, -0.15) is 0 Å². The monoisotopic (exact) mass is 261 g/mol. The van der Waals surface area contributed by atoms with E-state index in [0.717, 1.165) is 32.7 Å². The van der Waals surface area contributed by atoms with E-state index in [2.05, 4.69) is 21.7 Å². The molecule has 1 fully saturated rings. The lowest BCUT2D eigenvalue weighted by molar-refractivity contribution is 0.127. The molecule has 0 spiro atoms. The Kier molecular flexibility index (Phi) is 4.87. The standard InChI is InChI=1S/C14H23N5/c1-2-5-18-6-8-19(9-7-18)11-12-3-4-17-13(10-12)14(15)16/h3-4,10H,2,5-9,11H2,1H3,(H3,15,16). The van der Waals surface area contributed by atoms with Crippen molar-refractivity contribution >= 4 is 5.84 Å². The van der Waals surface area contributed by atoms with E-state index in [4.69, 9.17) is 11.1 Å². The molecule has 0 unspecified atom stereocenters. The highest BCUT2D eigenvalue weighted by molar-refractivity contribution is 5.93. The van der Waals surface area contributed by atoms with Crippen LogP contribution in [-0.4, -0.2) is 53.3 Å². The number of amidine groups is 1. The lowest BCUT2D eigenvalue weighted by Crippen LogP contribution is -2.46. The van der Waals surface area contributed by atoms with Crippen LogP contribution in [0.25, 0.3) is 0 Å². The van der Waals surface area contributed by atoms with Crippen molar-refractivity contribution in [2.75, 3.05) is 32.7 Å². The minimum Gasteiger partial charge on any atom is -0.382 e. The third-order valence-electron chi connectivity index (χ3n) is 3.51. The number of nitrogens with one attached hydrogen (secondary N) is 1. The molecule has 104 valence electrons. The first-order valence-electron chi connectivity index (χ1n) is 6.93. The van der Waals surface area contributed by atoms with Crippen molar-refractivity contribution in [2.45, 2.75) is 19.9 Å². The zero-order valence-electron chi connectivity index (χ0n) is 11.6. The van der Waals surface area contributed by atoms with E-state index in [0.29, 0.717) is 5.69 Å². The van der Waals surface area contributed by atoms with Gasteiger partial charge in [-0.3, -0.25) is 15.3 Å². The highest BCUT2D eigenvalue weighted by atomic mass is 15.3. The van der Waals surface area contributed by atoms with Gasteiger partial charge in [-0.25, -0.2) is 0 Å². The number of nitrogen functional groups attached to an aromatic ring is 1. The Morgan fingerprint density at radius 1 is 1.32 bits per heavy atom. The molecule has 5 heteroatoms. The zero-order valence-corrected chi connectivity index (χ0v) is 11.6. The number of hydrogen-bond acceptors (Lipinski definition) is 4. The smallest absolute Gasteiger partial charge is 0.141 e. The maximum Gasteiger partial charge on any atom is 0.141 e. The van der Waals surface area contributed by atoms with Crippen molar-refractivity contribution in [3.05, 3.63) is 29.6 Å². The Bertz CT molecular complexity index is 424. The third-order valence-corrected chi connectivity index (χ3v) is 3.51. The van der Waals surface area contributed by atoms with E-state index >= 15 is 0 Å². The summed E-state index contributed by atoms with van der Waals surface area (Å²) in [5, 5.41) is 7.42. The number of nitrogens with zero attached hydrogens (tertiary/aromatic N) is 3. The number of pyridine rings is 1. The number of rotatable bonds is 5. The number of piperazine rings is 1. The quantitative estimate of drug-likeness (QED) is 0.610. The van der Waals surface area contributed by atoms with E-state index in [1.54, 1.807) is 6.20 Å². The normalized spacial score (nSPS) is 17.5. The van der Waals surface area contributed by atoms with Gasteiger partial charge in [0, 0.05) is 38.9 Å². The van der Waals surface area contributed by atoms with Gasteiger partial charge in [-0.15, -0.1) is 0 Å². The van der Waals surface area contributed by atoms with Crippen molar-refractivity contribution in [1.29, 1.82) is 5.41 Å². The third kappa shape index (κ3) is 4.01. The maximum absolute atomic E-state index is 7.42. The Labute approximate surface area is 114 Å². The molecule has 2 heterocycles. The van der Waals surface area contributed by atoms with E-state index in [9.17, 15) is 0 Å². The minimum atomic E-state index is 0.0367. The van der Waals surface area contributed by atoms with Gasteiger partial charge in [0.15, 0.2) is 0 Å². The van der Waals surface area contributed by atoms with Crippen molar-refractivity contribution in [3.63, 3.8) is 0 Å². The van der Waals surface area contributed by atoms with Crippen molar-refractivity contribution in [1.82, 2.24) is 14.8 Å². The van der Waals surface area contributed by atoms with Crippen LogP contribution in [-0.2, 0) is 6.54 Å². The van der Waals surface area contributed by atoms with Crippen LogP contribution in [0, 0.1) is 5.41 Å². The average Bonchev–Trinajstić information content (AvgIpc) is 2.42. The van der Waals surface area contributed by atoms with Gasteiger partial charge in [0.1, 0.15) is 11.5 Å². The van der Waals surface area contributed by atoms with Crippen LogP contribution in [0.4, 0.5) is 0 Å². The molecule has 1 aliphatic rings. The molecule has 0 bridgehead atoms. The lowest BCUT2D eigenvalue weighted by atomic mass is 10.2. The summed E-state index contributed by atoms with van der Waals surface area (Å²) in [6, 6.07) is 3.92. The average molecular weight is 261 g/mol. The van der Waals surface area contributed by atoms with Gasteiger partial charge in [-0.1, -0.05) is 6.92 Å². The zero-order chi connectivity index (χ0) is 13.7. The summed E-state index contributed by atoms with van der Waals surface area (Å²) in [6.45, 7) is 8.87. The Balaban J connectivity index is 1.88. The predicted octanol–water partition coefficient (Wildman–Crippen LogP) is 0.893. The van der Waals surface area contributed by atoms with E-state index in [1.165, 1.54) is 18.5 Å². The van der Waals surface area contributed by atoms with Crippen LogP contribution in [0.1, 0.15) is 24.6 Å². The van der Waals surface area contributed by atoms with Gasteiger partial charge in [0.2, 0.25) is 0 Å². The highest BCUT2D eigenvalue weighted by Gasteiger charge is 2.16. The molecule has 19 heavy (non-hydrogen) atoms. The van der Waals surface area contributed by atoms with Crippen LogP contribution >= 0.6 is 0 Å². The first-order chi connectivity index (χ1) is 9.19.